The van der Waals surface area contributed by atoms with Crippen molar-refractivity contribution in [3.63, 3.8) is 0 Å². The fraction of sp³-hybridized carbons (Fsp3) is 0.385. The van der Waals surface area contributed by atoms with Crippen molar-refractivity contribution >= 4 is 0 Å². The molecule has 2 rings (SSSR count). The van der Waals surface area contributed by atoms with E-state index in [1.54, 1.807) is 6.33 Å². The lowest BCUT2D eigenvalue weighted by atomic mass is 10.1. The second-order valence-electron chi connectivity index (χ2n) is 4.29. The highest BCUT2D eigenvalue weighted by Crippen LogP contribution is 2.20. The lowest BCUT2D eigenvalue weighted by molar-refractivity contribution is 0.287. The van der Waals surface area contributed by atoms with Gasteiger partial charge in [0.15, 0.2) is 5.82 Å². The van der Waals surface area contributed by atoms with Crippen molar-refractivity contribution in [1.82, 2.24) is 20.1 Å². The van der Waals surface area contributed by atoms with Crippen LogP contribution < -0.4 is 10.1 Å². The highest BCUT2D eigenvalue weighted by Gasteiger charge is 2.06. The zero-order valence-electron chi connectivity index (χ0n) is 11.0. The summed E-state index contributed by atoms with van der Waals surface area (Å²) in [4.78, 5) is 0. The Bertz CT molecular complexity index is 521. The maximum Gasteiger partial charge on any atom is 0.170 e. The van der Waals surface area contributed by atoms with Crippen LogP contribution in [0.25, 0.3) is 0 Å². The Labute approximate surface area is 107 Å². The van der Waals surface area contributed by atoms with Crippen molar-refractivity contribution in [3.8, 4) is 5.75 Å². The van der Waals surface area contributed by atoms with Gasteiger partial charge in [-0.25, -0.2) is 0 Å². The first-order valence-electron chi connectivity index (χ1n) is 5.90. The van der Waals surface area contributed by atoms with E-state index in [2.05, 4.69) is 28.5 Å². The van der Waals surface area contributed by atoms with E-state index < -0.39 is 0 Å². The van der Waals surface area contributed by atoms with E-state index in [-0.39, 0.29) is 0 Å². The topological polar surface area (TPSA) is 52.0 Å². The van der Waals surface area contributed by atoms with E-state index in [1.165, 1.54) is 5.56 Å². The van der Waals surface area contributed by atoms with Crippen molar-refractivity contribution in [2.24, 2.45) is 7.05 Å². The van der Waals surface area contributed by atoms with Crippen LogP contribution in [0.5, 0.6) is 5.75 Å². The third kappa shape index (κ3) is 2.87. The van der Waals surface area contributed by atoms with Crippen LogP contribution in [-0.2, 0) is 20.2 Å². The molecular formula is C13H18N4O. The molecule has 0 saturated carbocycles. The molecular weight excluding hydrogens is 228 g/mol. The number of benzene rings is 1. The highest BCUT2D eigenvalue weighted by molar-refractivity contribution is 5.36. The molecule has 0 radical (unpaired) electrons. The molecule has 0 unspecified atom stereocenters. The molecule has 0 aliphatic heterocycles. The van der Waals surface area contributed by atoms with Crippen molar-refractivity contribution in [1.29, 1.82) is 0 Å². The summed E-state index contributed by atoms with van der Waals surface area (Å²) in [6, 6.07) is 6.17. The quantitative estimate of drug-likeness (QED) is 0.867. The summed E-state index contributed by atoms with van der Waals surface area (Å²) < 4.78 is 7.66. The molecule has 0 aliphatic rings. The number of hydrogen-bond donors (Lipinski definition) is 1. The van der Waals surface area contributed by atoms with Gasteiger partial charge in [-0.1, -0.05) is 17.7 Å². The zero-order chi connectivity index (χ0) is 13.0. The Kier molecular flexibility index (Phi) is 3.94. The van der Waals surface area contributed by atoms with Crippen LogP contribution in [0.3, 0.4) is 0 Å². The first-order chi connectivity index (χ1) is 8.70. The van der Waals surface area contributed by atoms with Gasteiger partial charge in [0.2, 0.25) is 0 Å². The number of nitrogens with zero attached hydrogens (tertiary/aromatic N) is 3. The fourth-order valence-electron chi connectivity index (χ4n) is 1.76. The van der Waals surface area contributed by atoms with Crippen molar-refractivity contribution in [2.45, 2.75) is 20.1 Å². The Hall–Kier alpha value is -1.88. The van der Waals surface area contributed by atoms with Crippen LogP contribution in [0.2, 0.25) is 0 Å². The molecule has 0 saturated heterocycles. The number of nitrogens with one attached hydrogen (secondary N) is 1. The maximum absolute atomic E-state index is 5.81. The van der Waals surface area contributed by atoms with Crippen molar-refractivity contribution < 1.29 is 4.74 Å². The predicted molar refractivity (Wildman–Crippen MR) is 69.3 cm³/mol. The summed E-state index contributed by atoms with van der Waals surface area (Å²) in [5, 5.41) is 11.0. The summed E-state index contributed by atoms with van der Waals surface area (Å²) >= 11 is 0. The lowest BCUT2D eigenvalue weighted by Gasteiger charge is -2.11. The smallest absolute Gasteiger partial charge is 0.170 e. The minimum Gasteiger partial charge on any atom is -0.485 e. The van der Waals surface area contributed by atoms with Gasteiger partial charge in [0.1, 0.15) is 18.7 Å². The monoisotopic (exact) mass is 246 g/mol. The number of rotatable bonds is 5. The van der Waals surface area contributed by atoms with Crippen LogP contribution in [0.15, 0.2) is 24.5 Å². The first-order valence-corrected chi connectivity index (χ1v) is 5.90. The molecule has 0 aliphatic carbocycles. The number of hydrogen-bond acceptors (Lipinski definition) is 4. The molecule has 2 aromatic rings. The molecule has 5 nitrogen and oxygen atoms in total. The third-order valence-corrected chi connectivity index (χ3v) is 2.75. The molecule has 1 aromatic carbocycles. The van der Waals surface area contributed by atoms with Gasteiger partial charge < -0.3 is 14.6 Å². The first kappa shape index (κ1) is 12.6. The van der Waals surface area contributed by atoms with E-state index in [0.29, 0.717) is 6.61 Å². The molecule has 5 heteroatoms. The standard InChI is InChI=1S/C13H18N4O/c1-10-4-5-12(11(6-10)7-14-2)18-8-13-16-15-9-17(13)3/h4-6,9,14H,7-8H2,1-3H3. The molecule has 0 bridgehead atoms. The van der Waals surface area contributed by atoms with Crippen LogP contribution in [0, 0.1) is 6.92 Å². The number of ether oxygens (including phenoxy) is 1. The van der Waals surface area contributed by atoms with Gasteiger partial charge in [0, 0.05) is 19.2 Å². The Morgan fingerprint density at radius 2 is 2.22 bits per heavy atom. The average Bonchev–Trinajstić information content (AvgIpc) is 2.74. The molecule has 1 N–H and O–H groups in total. The summed E-state index contributed by atoms with van der Waals surface area (Å²) in [6.45, 7) is 3.29. The largest absolute Gasteiger partial charge is 0.485 e. The third-order valence-electron chi connectivity index (χ3n) is 2.75. The zero-order valence-corrected chi connectivity index (χ0v) is 11.0. The molecule has 0 amide bonds. The van der Waals surface area contributed by atoms with Crippen LogP contribution in [0.4, 0.5) is 0 Å². The fourth-order valence-corrected chi connectivity index (χ4v) is 1.76. The van der Waals surface area contributed by atoms with Gasteiger partial charge in [-0.2, -0.15) is 0 Å². The molecule has 0 fully saturated rings. The molecule has 0 atom stereocenters. The van der Waals surface area contributed by atoms with Crippen LogP contribution in [-0.4, -0.2) is 21.8 Å². The summed E-state index contributed by atoms with van der Waals surface area (Å²) in [5.74, 6) is 1.70. The van der Waals surface area contributed by atoms with E-state index in [9.17, 15) is 0 Å². The Balaban J connectivity index is 2.11. The molecule has 96 valence electrons. The Morgan fingerprint density at radius 1 is 1.39 bits per heavy atom. The van der Waals surface area contributed by atoms with Gasteiger partial charge in [-0.05, 0) is 20.0 Å². The SMILES string of the molecule is CNCc1cc(C)ccc1OCc1nncn1C. The highest BCUT2D eigenvalue weighted by atomic mass is 16.5. The van der Waals surface area contributed by atoms with Crippen molar-refractivity contribution in [2.75, 3.05) is 7.05 Å². The van der Waals surface area contributed by atoms with Crippen LogP contribution >= 0.6 is 0 Å². The van der Waals surface area contributed by atoms with Crippen LogP contribution in [0.1, 0.15) is 17.0 Å². The van der Waals surface area contributed by atoms with Crippen molar-refractivity contribution in [3.05, 3.63) is 41.5 Å². The van der Waals surface area contributed by atoms with E-state index in [4.69, 9.17) is 4.74 Å². The number of aromatic nitrogens is 3. The Morgan fingerprint density at radius 3 is 2.89 bits per heavy atom. The lowest BCUT2D eigenvalue weighted by Crippen LogP contribution is -2.09. The summed E-state index contributed by atoms with van der Waals surface area (Å²) in [7, 11) is 3.83. The number of aryl methyl sites for hydroxylation is 2. The van der Waals surface area contributed by atoms with E-state index >= 15 is 0 Å². The maximum atomic E-state index is 5.81. The normalized spacial score (nSPS) is 10.6. The minimum absolute atomic E-state index is 0.427. The second kappa shape index (κ2) is 5.64. The van der Waals surface area contributed by atoms with E-state index in [0.717, 1.165) is 23.7 Å². The van der Waals surface area contributed by atoms with Gasteiger partial charge in [0.05, 0.1) is 0 Å². The second-order valence-corrected chi connectivity index (χ2v) is 4.29. The van der Waals surface area contributed by atoms with Gasteiger partial charge >= 0.3 is 0 Å². The minimum atomic E-state index is 0.427. The summed E-state index contributed by atoms with van der Waals surface area (Å²) in [5.41, 5.74) is 2.38. The van der Waals surface area contributed by atoms with Gasteiger partial charge in [0.25, 0.3) is 0 Å². The molecule has 1 aromatic heterocycles. The van der Waals surface area contributed by atoms with Gasteiger partial charge in [-0.3, -0.25) is 0 Å². The summed E-state index contributed by atoms with van der Waals surface area (Å²) in [6.07, 6.45) is 1.67. The predicted octanol–water partition coefficient (Wildman–Crippen LogP) is 1.42. The molecule has 0 spiro atoms. The average molecular weight is 246 g/mol. The molecule has 1 heterocycles. The molecule has 18 heavy (non-hydrogen) atoms. The van der Waals surface area contributed by atoms with E-state index in [1.807, 2.05) is 30.8 Å². The van der Waals surface area contributed by atoms with Gasteiger partial charge in [-0.15, -0.1) is 10.2 Å².